The van der Waals surface area contributed by atoms with Gasteiger partial charge in [-0.05, 0) is 61.4 Å². The molecular weight excluding hydrogens is 460 g/mol. The van der Waals surface area contributed by atoms with E-state index >= 15 is 0 Å². The first kappa shape index (κ1) is 22.4. The van der Waals surface area contributed by atoms with Crippen LogP contribution in [0, 0.1) is 25.2 Å². The molecule has 0 unspecified atom stereocenters. The van der Waals surface area contributed by atoms with E-state index in [1.54, 1.807) is 41.0 Å². The van der Waals surface area contributed by atoms with Gasteiger partial charge in [0, 0.05) is 5.39 Å². The Kier molecular flexibility index (Phi) is 5.85. The SMILES string of the molecule is Cc1ccc(-n2c(SCC(=O)Nc3c(C#N)oc4ccccc34)nc3ccccc3c2=O)cc1C. The molecular formula is C27H20N4O3S. The van der Waals surface area contributed by atoms with Crippen LogP contribution in [0.4, 0.5) is 5.69 Å². The second-order valence-corrected chi connectivity index (χ2v) is 9.01. The Hall–Kier alpha value is -4.35. The fraction of sp³-hybridized carbons (Fsp3) is 0.111. The van der Waals surface area contributed by atoms with Gasteiger partial charge in [-0.3, -0.25) is 14.2 Å². The molecule has 1 amide bonds. The first-order valence-electron chi connectivity index (χ1n) is 10.9. The summed E-state index contributed by atoms with van der Waals surface area (Å²) in [5, 5.41) is 13.8. The summed E-state index contributed by atoms with van der Waals surface area (Å²) in [5.41, 5.74) is 4.07. The van der Waals surface area contributed by atoms with Crippen LogP contribution in [0.25, 0.3) is 27.6 Å². The van der Waals surface area contributed by atoms with Crippen molar-refractivity contribution in [1.29, 1.82) is 5.26 Å². The molecule has 0 saturated carbocycles. The van der Waals surface area contributed by atoms with Gasteiger partial charge >= 0.3 is 0 Å². The molecule has 0 saturated heterocycles. The van der Waals surface area contributed by atoms with E-state index in [-0.39, 0.29) is 23.0 Å². The third-order valence-corrected chi connectivity index (χ3v) is 6.73. The number of rotatable bonds is 5. The Bertz CT molecular complexity index is 1710. The molecule has 35 heavy (non-hydrogen) atoms. The van der Waals surface area contributed by atoms with Crippen molar-refractivity contribution in [3.05, 3.63) is 94.0 Å². The summed E-state index contributed by atoms with van der Waals surface area (Å²) >= 11 is 1.16. The molecule has 1 N–H and O–H groups in total. The monoisotopic (exact) mass is 480 g/mol. The molecule has 0 bridgehead atoms. The summed E-state index contributed by atoms with van der Waals surface area (Å²) < 4.78 is 7.08. The lowest BCUT2D eigenvalue weighted by Crippen LogP contribution is -2.23. The zero-order valence-corrected chi connectivity index (χ0v) is 19.8. The summed E-state index contributed by atoms with van der Waals surface area (Å²) in [7, 11) is 0. The van der Waals surface area contributed by atoms with Crippen molar-refractivity contribution in [2.24, 2.45) is 0 Å². The molecule has 0 fully saturated rings. The minimum Gasteiger partial charge on any atom is -0.443 e. The average Bonchev–Trinajstić information content (AvgIpc) is 3.22. The van der Waals surface area contributed by atoms with Gasteiger partial charge in [0.05, 0.1) is 22.3 Å². The molecule has 172 valence electrons. The van der Waals surface area contributed by atoms with Gasteiger partial charge in [-0.2, -0.15) is 5.26 Å². The predicted octanol–water partition coefficient (Wildman–Crippen LogP) is 5.35. The number of carbonyl (C=O) groups is 1. The van der Waals surface area contributed by atoms with Gasteiger partial charge in [0.2, 0.25) is 11.7 Å². The number of carbonyl (C=O) groups excluding carboxylic acids is 1. The van der Waals surface area contributed by atoms with E-state index in [1.807, 2.05) is 50.2 Å². The van der Waals surface area contributed by atoms with Crippen molar-refractivity contribution in [2.45, 2.75) is 19.0 Å². The number of nitrogens with one attached hydrogen (secondary N) is 1. The summed E-state index contributed by atoms with van der Waals surface area (Å²) in [4.78, 5) is 31.0. The molecule has 5 aromatic rings. The van der Waals surface area contributed by atoms with E-state index in [1.165, 1.54) is 0 Å². The number of aryl methyl sites for hydroxylation is 2. The number of furan rings is 1. The molecule has 3 aromatic carbocycles. The van der Waals surface area contributed by atoms with E-state index in [2.05, 4.69) is 5.32 Å². The summed E-state index contributed by atoms with van der Waals surface area (Å²) in [5.74, 6) is -0.312. The standard InChI is InChI=1S/C27H20N4O3S/c1-16-11-12-18(13-17(16)2)31-26(33)19-7-3-5-9-21(19)29-27(31)35-15-24(32)30-25-20-8-4-6-10-22(20)34-23(25)14-28/h3-13H,15H2,1-2H3,(H,30,32). The molecule has 0 aliphatic heterocycles. The maximum absolute atomic E-state index is 13.4. The lowest BCUT2D eigenvalue weighted by Gasteiger charge is -2.14. The number of hydrogen-bond donors (Lipinski definition) is 1. The van der Waals surface area contributed by atoms with Crippen LogP contribution in [-0.4, -0.2) is 21.2 Å². The van der Waals surface area contributed by atoms with Gasteiger partial charge in [-0.1, -0.05) is 42.1 Å². The summed E-state index contributed by atoms with van der Waals surface area (Å²) in [6.45, 7) is 4.00. The van der Waals surface area contributed by atoms with Crippen molar-refractivity contribution >= 4 is 45.2 Å². The van der Waals surface area contributed by atoms with Crippen molar-refractivity contribution in [3.8, 4) is 11.8 Å². The molecule has 2 heterocycles. The van der Waals surface area contributed by atoms with Gasteiger partial charge < -0.3 is 9.73 Å². The Morgan fingerprint density at radius 2 is 1.80 bits per heavy atom. The van der Waals surface area contributed by atoms with Crippen molar-refractivity contribution in [3.63, 3.8) is 0 Å². The Labute approximate surface area is 205 Å². The fourth-order valence-corrected chi connectivity index (χ4v) is 4.67. The number of nitriles is 1. The largest absolute Gasteiger partial charge is 0.443 e. The quantitative estimate of drug-likeness (QED) is 0.269. The Morgan fingerprint density at radius 3 is 2.57 bits per heavy atom. The molecule has 2 aromatic heterocycles. The Morgan fingerprint density at radius 1 is 1.06 bits per heavy atom. The first-order chi connectivity index (χ1) is 17.0. The number of anilines is 1. The third kappa shape index (κ3) is 4.18. The average molecular weight is 481 g/mol. The van der Waals surface area contributed by atoms with Crippen LogP contribution < -0.4 is 10.9 Å². The smallest absolute Gasteiger partial charge is 0.266 e. The molecule has 7 nitrogen and oxygen atoms in total. The number of nitrogens with zero attached hydrogens (tertiary/aromatic N) is 3. The highest BCUT2D eigenvalue weighted by molar-refractivity contribution is 7.99. The van der Waals surface area contributed by atoms with Gasteiger partial charge in [0.25, 0.3) is 5.56 Å². The van der Waals surface area contributed by atoms with Gasteiger partial charge in [0.1, 0.15) is 17.3 Å². The highest BCUT2D eigenvalue weighted by Crippen LogP contribution is 2.31. The number of hydrogen-bond acceptors (Lipinski definition) is 6. The van der Waals surface area contributed by atoms with Gasteiger partial charge in [-0.25, -0.2) is 4.98 Å². The van der Waals surface area contributed by atoms with E-state index in [9.17, 15) is 14.9 Å². The topological polar surface area (TPSA) is 101 Å². The molecule has 0 aliphatic rings. The number of benzene rings is 3. The van der Waals surface area contributed by atoms with Crippen LogP contribution in [0.1, 0.15) is 16.9 Å². The van der Waals surface area contributed by atoms with Crippen LogP contribution in [0.2, 0.25) is 0 Å². The Balaban J connectivity index is 1.50. The number of aromatic nitrogens is 2. The minimum absolute atomic E-state index is 0.0139. The maximum Gasteiger partial charge on any atom is 0.266 e. The van der Waals surface area contributed by atoms with Crippen LogP contribution in [-0.2, 0) is 4.79 Å². The molecule has 0 atom stereocenters. The predicted molar refractivity (Wildman–Crippen MR) is 137 cm³/mol. The normalized spacial score (nSPS) is 11.0. The van der Waals surface area contributed by atoms with E-state index in [0.29, 0.717) is 38.4 Å². The van der Waals surface area contributed by atoms with E-state index in [0.717, 1.165) is 22.9 Å². The summed E-state index contributed by atoms with van der Waals surface area (Å²) in [6.07, 6.45) is 0. The summed E-state index contributed by atoms with van der Waals surface area (Å²) in [6, 6.07) is 22.0. The van der Waals surface area contributed by atoms with Crippen LogP contribution in [0.3, 0.4) is 0 Å². The molecule has 0 radical (unpaired) electrons. The lowest BCUT2D eigenvalue weighted by molar-refractivity contribution is -0.113. The lowest BCUT2D eigenvalue weighted by atomic mass is 10.1. The zero-order chi connectivity index (χ0) is 24.5. The third-order valence-electron chi connectivity index (χ3n) is 5.79. The van der Waals surface area contributed by atoms with Crippen LogP contribution in [0.15, 0.2) is 81.1 Å². The highest BCUT2D eigenvalue weighted by atomic mass is 32.2. The number of amides is 1. The second-order valence-electron chi connectivity index (χ2n) is 8.07. The molecule has 8 heteroatoms. The van der Waals surface area contributed by atoms with E-state index in [4.69, 9.17) is 9.40 Å². The maximum atomic E-state index is 13.4. The molecule has 5 rings (SSSR count). The number of thioether (sulfide) groups is 1. The molecule has 0 aliphatic carbocycles. The van der Waals surface area contributed by atoms with Crippen LogP contribution in [0.5, 0.6) is 0 Å². The second kappa shape index (κ2) is 9.12. The fourth-order valence-electron chi connectivity index (χ4n) is 3.86. The van der Waals surface area contributed by atoms with Crippen molar-refractivity contribution in [2.75, 3.05) is 11.1 Å². The molecule has 0 spiro atoms. The highest BCUT2D eigenvalue weighted by Gasteiger charge is 2.18. The zero-order valence-electron chi connectivity index (χ0n) is 19.0. The number of para-hydroxylation sites is 2. The first-order valence-corrected chi connectivity index (χ1v) is 11.9. The van der Waals surface area contributed by atoms with Gasteiger partial charge in [0.15, 0.2) is 5.16 Å². The number of fused-ring (bicyclic) bond motifs is 2. The van der Waals surface area contributed by atoms with Crippen molar-refractivity contribution < 1.29 is 9.21 Å². The van der Waals surface area contributed by atoms with E-state index < -0.39 is 0 Å². The van der Waals surface area contributed by atoms with Crippen LogP contribution >= 0.6 is 11.8 Å². The minimum atomic E-state index is -0.341. The van der Waals surface area contributed by atoms with Gasteiger partial charge in [-0.15, -0.1) is 0 Å². The van der Waals surface area contributed by atoms with Crippen molar-refractivity contribution in [1.82, 2.24) is 9.55 Å².